The summed E-state index contributed by atoms with van der Waals surface area (Å²) in [6.07, 6.45) is 0.708. The molecule has 0 unspecified atom stereocenters. The van der Waals surface area contributed by atoms with Gasteiger partial charge >= 0.3 is 58.4 Å². The Labute approximate surface area is 94.7 Å². The fourth-order valence-corrected chi connectivity index (χ4v) is 0.134. The summed E-state index contributed by atoms with van der Waals surface area (Å²) in [6.45, 7) is 0.777. The van der Waals surface area contributed by atoms with Gasteiger partial charge in [-0.1, -0.05) is 6.08 Å². The van der Waals surface area contributed by atoms with Gasteiger partial charge in [0.2, 0.25) is 0 Å². The SMILES string of the molecule is C=CC(=C)[B-](F)(F)F.[K+]. The second-order valence-corrected chi connectivity index (χ2v) is 1.35. The van der Waals surface area contributed by atoms with Crippen LogP contribution < -0.4 is 51.4 Å². The van der Waals surface area contributed by atoms with Crippen molar-refractivity contribution in [2.24, 2.45) is 0 Å². The minimum absolute atomic E-state index is 0. The molecule has 0 N–H and O–H groups in total. The van der Waals surface area contributed by atoms with E-state index in [-0.39, 0.29) is 51.4 Å². The molecule has 0 saturated carbocycles. The van der Waals surface area contributed by atoms with Crippen molar-refractivity contribution in [2.45, 2.75) is 0 Å². The summed E-state index contributed by atoms with van der Waals surface area (Å²) in [5.74, 6) is 0. The van der Waals surface area contributed by atoms with E-state index in [0.29, 0.717) is 6.08 Å². The molecule has 0 atom stereocenters. The van der Waals surface area contributed by atoms with Gasteiger partial charge in [-0.15, -0.1) is 18.6 Å². The van der Waals surface area contributed by atoms with E-state index in [9.17, 15) is 12.9 Å². The average molecular weight is 160 g/mol. The zero-order valence-electron chi connectivity index (χ0n) is 5.20. The first kappa shape index (κ1) is 12.6. The van der Waals surface area contributed by atoms with Crippen molar-refractivity contribution < 1.29 is 64.3 Å². The number of allylic oxidation sites excluding steroid dienone is 2. The monoisotopic (exact) mass is 160 g/mol. The largest absolute Gasteiger partial charge is 1.00 e. The molecule has 0 bridgehead atoms. The van der Waals surface area contributed by atoms with Crippen LogP contribution in [0.25, 0.3) is 0 Å². The number of hydrogen-bond donors (Lipinski definition) is 0. The van der Waals surface area contributed by atoms with Crippen LogP contribution >= 0.6 is 0 Å². The Balaban J connectivity index is 0. The molecule has 0 nitrogen and oxygen atoms in total. The molecule has 9 heavy (non-hydrogen) atoms. The molecule has 0 aliphatic carbocycles. The molecule has 0 aromatic carbocycles. The number of halogens is 3. The minimum atomic E-state index is -4.88. The maximum absolute atomic E-state index is 11.3. The molecule has 0 amide bonds. The van der Waals surface area contributed by atoms with E-state index in [0.717, 1.165) is 0 Å². The van der Waals surface area contributed by atoms with Gasteiger partial charge in [0, 0.05) is 0 Å². The van der Waals surface area contributed by atoms with Crippen LogP contribution in [-0.4, -0.2) is 6.98 Å². The van der Waals surface area contributed by atoms with Gasteiger partial charge < -0.3 is 12.9 Å². The predicted octanol–water partition coefficient (Wildman–Crippen LogP) is -0.881. The van der Waals surface area contributed by atoms with Crippen LogP contribution in [0.5, 0.6) is 0 Å². The third kappa shape index (κ3) is 5.42. The molecule has 0 aromatic heterocycles. The van der Waals surface area contributed by atoms with Gasteiger partial charge in [0.05, 0.1) is 0 Å². The summed E-state index contributed by atoms with van der Waals surface area (Å²) in [5, 5.41) is 0. The molecular formula is C4H5BF3K. The summed E-state index contributed by atoms with van der Waals surface area (Å²) >= 11 is 0. The van der Waals surface area contributed by atoms with Crippen LogP contribution in [0.4, 0.5) is 12.9 Å². The maximum Gasteiger partial charge on any atom is 1.00 e. The number of hydrogen-bond acceptors (Lipinski definition) is 0. The van der Waals surface area contributed by atoms with Crippen molar-refractivity contribution in [3.05, 3.63) is 24.7 Å². The van der Waals surface area contributed by atoms with Crippen LogP contribution in [0.3, 0.4) is 0 Å². The van der Waals surface area contributed by atoms with E-state index in [2.05, 4.69) is 13.2 Å². The van der Waals surface area contributed by atoms with Crippen LogP contribution in [0.15, 0.2) is 24.7 Å². The van der Waals surface area contributed by atoms with Crippen molar-refractivity contribution in [2.75, 3.05) is 0 Å². The van der Waals surface area contributed by atoms with Gasteiger partial charge in [0.25, 0.3) is 0 Å². The van der Waals surface area contributed by atoms with Gasteiger partial charge in [0.1, 0.15) is 0 Å². The first-order valence-corrected chi connectivity index (χ1v) is 1.99. The molecule has 0 aliphatic rings. The van der Waals surface area contributed by atoms with E-state index in [1.807, 2.05) is 0 Å². The minimum Gasteiger partial charge on any atom is -0.445 e. The predicted molar refractivity (Wildman–Crippen MR) is 28.4 cm³/mol. The molecule has 0 fully saturated rings. The van der Waals surface area contributed by atoms with Gasteiger partial charge in [-0.3, -0.25) is 0 Å². The fourth-order valence-electron chi connectivity index (χ4n) is 0.134. The Morgan fingerprint density at radius 1 is 1.33 bits per heavy atom. The normalized spacial score (nSPS) is 9.67. The molecule has 0 radical (unpaired) electrons. The van der Waals surface area contributed by atoms with E-state index >= 15 is 0 Å². The summed E-state index contributed by atoms with van der Waals surface area (Å²) in [4.78, 5) is 0. The van der Waals surface area contributed by atoms with Crippen molar-refractivity contribution in [3.8, 4) is 0 Å². The molecule has 0 spiro atoms. The zero-order chi connectivity index (χ0) is 6.78. The molecule has 5 heteroatoms. The van der Waals surface area contributed by atoms with Gasteiger partial charge in [-0.05, 0) is 0 Å². The van der Waals surface area contributed by atoms with Crippen molar-refractivity contribution in [1.29, 1.82) is 0 Å². The summed E-state index contributed by atoms with van der Waals surface area (Å²) in [5.41, 5.74) is -0.843. The van der Waals surface area contributed by atoms with E-state index in [4.69, 9.17) is 0 Å². The van der Waals surface area contributed by atoms with E-state index in [1.165, 1.54) is 0 Å². The number of rotatable bonds is 2. The molecule has 0 aliphatic heterocycles. The molecule has 0 heterocycles. The molecule has 46 valence electrons. The standard InChI is InChI=1S/C4H5BF3.K/c1-3-4(2)5(6,7)8;/h3H,1-2H2;/q-1;+1. The Kier molecular flexibility index (Phi) is 6.65. The second kappa shape index (κ2) is 4.74. The summed E-state index contributed by atoms with van der Waals surface area (Å²) in [7, 11) is 0. The zero-order valence-corrected chi connectivity index (χ0v) is 8.33. The van der Waals surface area contributed by atoms with Crippen molar-refractivity contribution >= 4 is 6.98 Å². The first-order chi connectivity index (χ1) is 3.48. The molecule has 0 saturated heterocycles. The van der Waals surface area contributed by atoms with Gasteiger partial charge in [-0.25, -0.2) is 0 Å². The molecule has 0 rings (SSSR count). The van der Waals surface area contributed by atoms with Crippen molar-refractivity contribution in [1.82, 2.24) is 0 Å². The maximum atomic E-state index is 11.3. The van der Waals surface area contributed by atoms with Gasteiger partial charge in [0.15, 0.2) is 0 Å². The van der Waals surface area contributed by atoms with Gasteiger partial charge in [-0.2, -0.15) is 0 Å². The Morgan fingerprint density at radius 3 is 1.67 bits per heavy atom. The Bertz CT molecular complexity index is 117. The van der Waals surface area contributed by atoms with Crippen LogP contribution in [-0.2, 0) is 0 Å². The fraction of sp³-hybridized carbons (Fsp3) is 0. The second-order valence-electron chi connectivity index (χ2n) is 1.35. The van der Waals surface area contributed by atoms with E-state index < -0.39 is 12.4 Å². The van der Waals surface area contributed by atoms with Crippen LogP contribution in [0.2, 0.25) is 0 Å². The smallest absolute Gasteiger partial charge is 0.445 e. The topological polar surface area (TPSA) is 0 Å². The third-order valence-corrected chi connectivity index (χ3v) is 0.683. The molecular weight excluding hydrogens is 155 g/mol. The molecule has 0 aromatic rings. The van der Waals surface area contributed by atoms with E-state index in [1.54, 1.807) is 0 Å². The quantitative estimate of drug-likeness (QED) is 0.363. The third-order valence-electron chi connectivity index (χ3n) is 0.683. The van der Waals surface area contributed by atoms with Crippen LogP contribution in [0.1, 0.15) is 0 Å². The Hall–Kier alpha value is 0.971. The van der Waals surface area contributed by atoms with Crippen LogP contribution in [0, 0.1) is 0 Å². The summed E-state index contributed by atoms with van der Waals surface area (Å²) in [6, 6.07) is 0. The average Bonchev–Trinajstić information content (AvgIpc) is 1.62. The summed E-state index contributed by atoms with van der Waals surface area (Å²) < 4.78 is 34.0. The first-order valence-electron chi connectivity index (χ1n) is 1.99. The van der Waals surface area contributed by atoms with Crippen molar-refractivity contribution in [3.63, 3.8) is 0 Å². The Morgan fingerprint density at radius 2 is 1.67 bits per heavy atom.